The Morgan fingerprint density at radius 3 is 2.62 bits per heavy atom. The number of methoxy groups -OCH3 is 1. The summed E-state index contributed by atoms with van der Waals surface area (Å²) in [7, 11) is 1.67. The Morgan fingerprint density at radius 1 is 1.07 bits per heavy atom. The molecule has 1 aliphatic heterocycles. The van der Waals surface area contributed by atoms with Crippen molar-refractivity contribution < 1.29 is 9.47 Å². The van der Waals surface area contributed by atoms with Gasteiger partial charge in [0.25, 0.3) is 0 Å². The van der Waals surface area contributed by atoms with Gasteiger partial charge < -0.3 is 24.3 Å². The van der Waals surface area contributed by atoms with Gasteiger partial charge in [-0.15, -0.1) is 0 Å². The molecule has 2 aromatic carbocycles. The van der Waals surface area contributed by atoms with Crippen LogP contribution in [0.25, 0.3) is 0 Å². The monoisotopic (exact) mass is 407 g/mol. The molecule has 0 saturated carbocycles. The number of anilines is 1. The second-order valence-corrected chi connectivity index (χ2v) is 7.24. The molecule has 3 aromatic rings. The molecule has 29 heavy (non-hydrogen) atoms. The summed E-state index contributed by atoms with van der Waals surface area (Å²) in [5, 5.41) is 4.07. The van der Waals surface area contributed by atoms with Gasteiger partial charge in [0.05, 0.1) is 25.4 Å². The number of benzene rings is 2. The van der Waals surface area contributed by atoms with Gasteiger partial charge in [0.1, 0.15) is 11.5 Å². The molecule has 0 saturated heterocycles. The van der Waals surface area contributed by atoms with Crippen LogP contribution in [0.1, 0.15) is 24.2 Å². The number of aromatic nitrogens is 1. The molecule has 1 aromatic heterocycles. The van der Waals surface area contributed by atoms with Crippen molar-refractivity contribution in [2.45, 2.75) is 19.5 Å². The van der Waals surface area contributed by atoms with E-state index in [0.29, 0.717) is 11.7 Å². The zero-order valence-electron chi connectivity index (χ0n) is 16.7. The minimum absolute atomic E-state index is 0.0316. The molecule has 0 spiro atoms. The van der Waals surface area contributed by atoms with Crippen LogP contribution in [0.15, 0.2) is 66.9 Å². The zero-order valence-corrected chi connectivity index (χ0v) is 17.5. The SMILES string of the molecule is CCOc1ccc(C2c3cccn3CCN2C(=S)Nc2ccccc2OC)cc1. The van der Waals surface area contributed by atoms with E-state index in [2.05, 4.69) is 45.2 Å². The van der Waals surface area contributed by atoms with Crippen LogP contribution >= 0.6 is 12.2 Å². The maximum absolute atomic E-state index is 5.84. The molecule has 0 aliphatic carbocycles. The Balaban J connectivity index is 1.65. The van der Waals surface area contributed by atoms with E-state index in [0.717, 1.165) is 30.3 Å². The summed E-state index contributed by atoms with van der Waals surface area (Å²) < 4.78 is 13.4. The summed E-state index contributed by atoms with van der Waals surface area (Å²) in [6.07, 6.45) is 2.13. The molecular weight excluding hydrogens is 382 g/mol. The lowest BCUT2D eigenvalue weighted by molar-refractivity contribution is 0.293. The van der Waals surface area contributed by atoms with E-state index in [4.69, 9.17) is 21.7 Å². The van der Waals surface area contributed by atoms with Crippen molar-refractivity contribution in [3.63, 3.8) is 0 Å². The molecule has 0 radical (unpaired) electrons. The highest BCUT2D eigenvalue weighted by Crippen LogP contribution is 2.34. The predicted octanol–water partition coefficient (Wildman–Crippen LogP) is 4.70. The second-order valence-electron chi connectivity index (χ2n) is 6.85. The molecule has 1 atom stereocenters. The summed E-state index contributed by atoms with van der Waals surface area (Å²) in [4.78, 5) is 2.24. The molecule has 0 bridgehead atoms. The Labute approximate surface area is 176 Å². The van der Waals surface area contributed by atoms with Gasteiger partial charge in [0.15, 0.2) is 5.11 Å². The maximum atomic E-state index is 5.84. The van der Waals surface area contributed by atoms with Crippen molar-refractivity contribution in [1.29, 1.82) is 0 Å². The number of hydrogen-bond acceptors (Lipinski definition) is 3. The Kier molecular flexibility index (Phi) is 5.71. The lowest BCUT2D eigenvalue weighted by atomic mass is 10.00. The van der Waals surface area contributed by atoms with Crippen LogP contribution in [0.5, 0.6) is 11.5 Å². The number of fused-ring (bicyclic) bond motifs is 1. The van der Waals surface area contributed by atoms with E-state index in [-0.39, 0.29) is 6.04 Å². The third kappa shape index (κ3) is 3.93. The van der Waals surface area contributed by atoms with Crippen molar-refractivity contribution in [1.82, 2.24) is 9.47 Å². The first-order chi connectivity index (χ1) is 14.2. The fourth-order valence-corrected chi connectivity index (χ4v) is 4.11. The summed E-state index contributed by atoms with van der Waals surface area (Å²) in [5.41, 5.74) is 3.27. The molecule has 0 amide bonds. The molecule has 5 nitrogen and oxygen atoms in total. The summed E-state index contributed by atoms with van der Waals surface area (Å²) in [5.74, 6) is 1.65. The average Bonchev–Trinajstić information content (AvgIpc) is 3.23. The van der Waals surface area contributed by atoms with Crippen LogP contribution in [-0.4, -0.2) is 34.8 Å². The van der Waals surface area contributed by atoms with E-state index < -0.39 is 0 Å². The second kappa shape index (κ2) is 8.57. The summed E-state index contributed by atoms with van der Waals surface area (Å²) >= 11 is 5.84. The van der Waals surface area contributed by atoms with E-state index in [1.165, 1.54) is 11.3 Å². The molecule has 150 valence electrons. The lowest BCUT2D eigenvalue weighted by Crippen LogP contribution is -2.44. The molecule has 1 unspecified atom stereocenters. The molecule has 0 fully saturated rings. The quantitative estimate of drug-likeness (QED) is 0.621. The van der Waals surface area contributed by atoms with Crippen LogP contribution in [-0.2, 0) is 6.54 Å². The van der Waals surface area contributed by atoms with Gasteiger partial charge in [-0.25, -0.2) is 0 Å². The maximum Gasteiger partial charge on any atom is 0.174 e. The minimum Gasteiger partial charge on any atom is -0.495 e. The van der Waals surface area contributed by atoms with Gasteiger partial charge in [0.2, 0.25) is 0 Å². The first kappa shape index (κ1) is 19.3. The highest BCUT2D eigenvalue weighted by atomic mass is 32.1. The predicted molar refractivity (Wildman–Crippen MR) is 120 cm³/mol. The first-order valence-electron chi connectivity index (χ1n) is 9.79. The van der Waals surface area contributed by atoms with Gasteiger partial charge in [-0.05, 0) is 61.1 Å². The topological polar surface area (TPSA) is 38.7 Å². The van der Waals surface area contributed by atoms with E-state index in [1.807, 2.05) is 43.3 Å². The summed E-state index contributed by atoms with van der Waals surface area (Å²) in [6, 6.07) is 20.4. The fraction of sp³-hybridized carbons (Fsp3) is 0.261. The molecular formula is C23H25N3O2S. The van der Waals surface area contributed by atoms with Crippen molar-refractivity contribution in [3.05, 3.63) is 78.1 Å². The first-order valence-corrected chi connectivity index (χ1v) is 10.2. The molecule has 6 heteroatoms. The standard InChI is InChI=1S/C23H25N3O2S/c1-3-28-18-12-10-17(11-13-18)22-20-8-6-14-25(20)15-16-26(22)23(29)24-19-7-4-5-9-21(19)27-2/h4-14,22H,3,15-16H2,1-2H3,(H,24,29). The van der Waals surface area contributed by atoms with Crippen molar-refractivity contribution in [2.24, 2.45) is 0 Å². The molecule has 1 aliphatic rings. The van der Waals surface area contributed by atoms with Crippen molar-refractivity contribution in [3.8, 4) is 11.5 Å². The van der Waals surface area contributed by atoms with E-state index in [9.17, 15) is 0 Å². The number of hydrogen-bond donors (Lipinski definition) is 1. The van der Waals surface area contributed by atoms with E-state index in [1.54, 1.807) is 7.11 Å². The number of nitrogens with zero attached hydrogens (tertiary/aromatic N) is 2. The number of para-hydroxylation sites is 2. The van der Waals surface area contributed by atoms with Crippen molar-refractivity contribution >= 4 is 23.0 Å². The molecule has 1 N–H and O–H groups in total. The third-order valence-corrected chi connectivity index (χ3v) is 5.49. The Morgan fingerprint density at radius 2 is 1.86 bits per heavy atom. The Bertz CT molecular complexity index is 984. The third-order valence-electron chi connectivity index (χ3n) is 5.15. The van der Waals surface area contributed by atoms with Gasteiger partial charge >= 0.3 is 0 Å². The largest absolute Gasteiger partial charge is 0.495 e. The van der Waals surface area contributed by atoms with Crippen LogP contribution in [0.3, 0.4) is 0 Å². The lowest BCUT2D eigenvalue weighted by Gasteiger charge is -2.39. The highest BCUT2D eigenvalue weighted by molar-refractivity contribution is 7.80. The number of rotatable bonds is 5. The Hall–Kier alpha value is -2.99. The normalized spacial score (nSPS) is 15.5. The van der Waals surface area contributed by atoms with Gasteiger partial charge in [-0.3, -0.25) is 0 Å². The van der Waals surface area contributed by atoms with Gasteiger partial charge in [0, 0.05) is 25.0 Å². The number of nitrogens with one attached hydrogen (secondary N) is 1. The smallest absolute Gasteiger partial charge is 0.174 e. The van der Waals surface area contributed by atoms with Crippen molar-refractivity contribution in [2.75, 3.05) is 25.6 Å². The van der Waals surface area contributed by atoms with Crippen LogP contribution in [0, 0.1) is 0 Å². The van der Waals surface area contributed by atoms with Crippen LogP contribution in [0.4, 0.5) is 5.69 Å². The van der Waals surface area contributed by atoms with Gasteiger partial charge in [-0.1, -0.05) is 24.3 Å². The fourth-order valence-electron chi connectivity index (χ4n) is 3.80. The zero-order chi connectivity index (χ0) is 20.2. The molecule has 2 heterocycles. The average molecular weight is 408 g/mol. The highest BCUT2D eigenvalue weighted by Gasteiger charge is 2.30. The molecule has 4 rings (SSSR count). The van der Waals surface area contributed by atoms with Gasteiger partial charge in [-0.2, -0.15) is 0 Å². The summed E-state index contributed by atoms with van der Waals surface area (Å²) in [6.45, 7) is 4.36. The van der Waals surface area contributed by atoms with E-state index >= 15 is 0 Å². The van der Waals surface area contributed by atoms with Crippen LogP contribution < -0.4 is 14.8 Å². The number of thiocarbonyl (C=S) groups is 1. The number of ether oxygens (including phenoxy) is 2. The minimum atomic E-state index is 0.0316. The van der Waals surface area contributed by atoms with Crippen LogP contribution in [0.2, 0.25) is 0 Å².